The minimum absolute atomic E-state index is 0.125. The second-order valence-electron chi connectivity index (χ2n) is 6.56. The zero-order valence-electron chi connectivity index (χ0n) is 14.5. The molecular weight excluding hydrogens is 330 g/mol. The van der Waals surface area contributed by atoms with E-state index in [1.165, 1.54) is 16.6 Å². The van der Waals surface area contributed by atoms with E-state index in [4.69, 9.17) is 0 Å². The summed E-state index contributed by atoms with van der Waals surface area (Å²) in [4.78, 5) is 17.3. The van der Waals surface area contributed by atoms with Crippen molar-refractivity contribution in [3.8, 4) is 0 Å². The molecule has 1 fully saturated rings. The van der Waals surface area contributed by atoms with E-state index in [9.17, 15) is 18.3 Å². The first-order valence-corrected chi connectivity index (χ1v) is 9.59. The standard InChI is InChI=1S/C16H25N3O4S/c1-11(2)19(12(3)4)24(22,23)13-7-8-15(17-10-13)18-9-5-6-14(18)16(20)21/h7-8,10-12,14H,5-6,9H2,1-4H3,(H,20,21)/t14-/m0/s1. The van der Waals surface area contributed by atoms with Crippen LogP contribution >= 0.6 is 0 Å². The lowest BCUT2D eigenvalue weighted by Gasteiger charge is -2.29. The fourth-order valence-electron chi connectivity index (χ4n) is 3.27. The maximum absolute atomic E-state index is 12.8. The number of aliphatic carboxylic acids is 1. The molecule has 8 heteroatoms. The molecule has 7 nitrogen and oxygen atoms in total. The molecule has 1 atom stereocenters. The predicted octanol–water partition coefficient (Wildman–Crippen LogP) is 1.94. The highest BCUT2D eigenvalue weighted by Crippen LogP contribution is 2.26. The molecule has 134 valence electrons. The highest BCUT2D eigenvalue weighted by atomic mass is 32.2. The van der Waals surface area contributed by atoms with Gasteiger partial charge in [-0.1, -0.05) is 0 Å². The van der Waals surface area contributed by atoms with Crippen LogP contribution in [-0.2, 0) is 14.8 Å². The van der Waals surface area contributed by atoms with Gasteiger partial charge in [-0.2, -0.15) is 4.31 Å². The number of anilines is 1. The average molecular weight is 355 g/mol. The number of nitrogens with zero attached hydrogens (tertiary/aromatic N) is 3. The molecule has 1 saturated heterocycles. The van der Waals surface area contributed by atoms with Crippen molar-refractivity contribution in [3.63, 3.8) is 0 Å². The van der Waals surface area contributed by atoms with Gasteiger partial charge in [0.25, 0.3) is 0 Å². The molecule has 0 spiro atoms. The second kappa shape index (κ2) is 7.06. The van der Waals surface area contributed by atoms with Crippen LogP contribution in [0, 0.1) is 0 Å². The van der Waals surface area contributed by atoms with Crippen LogP contribution in [0.5, 0.6) is 0 Å². The number of carbonyl (C=O) groups is 1. The molecule has 1 aromatic heterocycles. The maximum atomic E-state index is 12.8. The minimum Gasteiger partial charge on any atom is -0.480 e. The molecule has 1 N–H and O–H groups in total. The predicted molar refractivity (Wildman–Crippen MR) is 91.5 cm³/mol. The normalized spacial score (nSPS) is 18.8. The van der Waals surface area contributed by atoms with E-state index in [-0.39, 0.29) is 17.0 Å². The van der Waals surface area contributed by atoms with Crippen LogP contribution in [0.1, 0.15) is 40.5 Å². The summed E-state index contributed by atoms with van der Waals surface area (Å²) in [6.07, 6.45) is 2.68. The Balaban J connectivity index is 2.30. The molecule has 0 radical (unpaired) electrons. The first-order chi connectivity index (χ1) is 11.2. The Morgan fingerprint density at radius 1 is 1.29 bits per heavy atom. The largest absolute Gasteiger partial charge is 0.480 e. The number of hydrogen-bond acceptors (Lipinski definition) is 5. The van der Waals surface area contributed by atoms with Gasteiger partial charge in [-0.15, -0.1) is 0 Å². The van der Waals surface area contributed by atoms with Crippen molar-refractivity contribution >= 4 is 21.8 Å². The fourth-order valence-corrected chi connectivity index (χ4v) is 5.05. The molecule has 0 bridgehead atoms. The van der Waals surface area contributed by atoms with Crippen LogP contribution in [-0.4, -0.2) is 53.5 Å². The van der Waals surface area contributed by atoms with E-state index in [0.29, 0.717) is 18.8 Å². The summed E-state index contributed by atoms with van der Waals surface area (Å²) in [5.41, 5.74) is 0. The summed E-state index contributed by atoms with van der Waals surface area (Å²) in [7, 11) is -3.63. The van der Waals surface area contributed by atoms with E-state index in [1.54, 1.807) is 11.0 Å². The van der Waals surface area contributed by atoms with Crippen LogP contribution in [0.3, 0.4) is 0 Å². The van der Waals surface area contributed by atoms with Crippen molar-refractivity contribution < 1.29 is 18.3 Å². The van der Waals surface area contributed by atoms with Gasteiger partial charge in [0.2, 0.25) is 10.0 Å². The summed E-state index contributed by atoms with van der Waals surface area (Å²) >= 11 is 0. The number of carboxylic acid groups (broad SMARTS) is 1. The number of carboxylic acids is 1. The number of rotatable bonds is 6. The zero-order valence-corrected chi connectivity index (χ0v) is 15.3. The molecule has 0 aliphatic carbocycles. The Bertz CT molecular complexity index is 678. The summed E-state index contributed by atoms with van der Waals surface area (Å²) in [5, 5.41) is 9.25. The number of pyridine rings is 1. The fraction of sp³-hybridized carbons (Fsp3) is 0.625. The Labute approximate surface area is 143 Å². The first kappa shape index (κ1) is 18.7. The summed E-state index contributed by atoms with van der Waals surface area (Å²) in [6.45, 7) is 7.95. The molecule has 24 heavy (non-hydrogen) atoms. The zero-order chi connectivity index (χ0) is 18.1. The maximum Gasteiger partial charge on any atom is 0.326 e. The van der Waals surface area contributed by atoms with Crippen molar-refractivity contribution in [1.82, 2.24) is 9.29 Å². The highest BCUT2D eigenvalue weighted by molar-refractivity contribution is 7.89. The van der Waals surface area contributed by atoms with Crippen LogP contribution < -0.4 is 4.90 Å². The number of sulfonamides is 1. The van der Waals surface area contributed by atoms with Gasteiger partial charge in [0.1, 0.15) is 16.8 Å². The number of aromatic nitrogens is 1. The van der Waals surface area contributed by atoms with Gasteiger partial charge in [-0.25, -0.2) is 18.2 Å². The molecule has 0 unspecified atom stereocenters. The Morgan fingerprint density at radius 2 is 1.92 bits per heavy atom. The summed E-state index contributed by atoms with van der Waals surface area (Å²) in [5.74, 6) is -0.378. The van der Waals surface area contributed by atoms with E-state index in [2.05, 4.69) is 4.98 Å². The van der Waals surface area contributed by atoms with Crippen molar-refractivity contribution in [3.05, 3.63) is 18.3 Å². The van der Waals surface area contributed by atoms with Crippen LogP contribution in [0.25, 0.3) is 0 Å². The topological polar surface area (TPSA) is 90.8 Å². The van der Waals surface area contributed by atoms with Crippen LogP contribution in [0.2, 0.25) is 0 Å². The number of hydrogen-bond donors (Lipinski definition) is 1. The first-order valence-electron chi connectivity index (χ1n) is 8.15. The molecule has 0 amide bonds. The third-order valence-corrected chi connectivity index (χ3v) is 6.38. The smallest absolute Gasteiger partial charge is 0.326 e. The monoisotopic (exact) mass is 355 g/mol. The van der Waals surface area contributed by atoms with Gasteiger partial charge in [-0.3, -0.25) is 0 Å². The molecule has 1 aliphatic heterocycles. The molecule has 1 aromatic rings. The third-order valence-electron chi connectivity index (χ3n) is 4.15. The summed E-state index contributed by atoms with van der Waals surface area (Å²) in [6, 6.07) is 2.18. The van der Waals surface area contributed by atoms with Gasteiger partial charge in [0, 0.05) is 24.8 Å². The average Bonchev–Trinajstić information content (AvgIpc) is 2.95. The summed E-state index contributed by atoms with van der Waals surface area (Å²) < 4.78 is 27.0. The molecule has 2 rings (SSSR count). The van der Waals surface area contributed by atoms with E-state index in [1.807, 2.05) is 27.7 Å². The van der Waals surface area contributed by atoms with Crippen molar-refractivity contribution in [2.75, 3.05) is 11.4 Å². The molecule has 1 aliphatic rings. The Morgan fingerprint density at radius 3 is 2.38 bits per heavy atom. The lowest BCUT2D eigenvalue weighted by molar-refractivity contribution is -0.138. The van der Waals surface area contributed by atoms with Crippen molar-refractivity contribution in [1.29, 1.82) is 0 Å². The third kappa shape index (κ3) is 3.54. The lowest BCUT2D eigenvalue weighted by Crippen LogP contribution is -2.42. The quantitative estimate of drug-likeness (QED) is 0.839. The van der Waals surface area contributed by atoms with Crippen LogP contribution in [0.15, 0.2) is 23.2 Å². The lowest BCUT2D eigenvalue weighted by atomic mass is 10.2. The van der Waals surface area contributed by atoms with Crippen molar-refractivity contribution in [2.45, 2.75) is 63.6 Å². The molecular formula is C16H25N3O4S. The Kier molecular flexibility index (Phi) is 5.49. The molecule has 2 heterocycles. The Hall–Kier alpha value is -1.67. The van der Waals surface area contributed by atoms with Gasteiger partial charge in [0.15, 0.2) is 0 Å². The highest BCUT2D eigenvalue weighted by Gasteiger charge is 2.33. The van der Waals surface area contributed by atoms with Gasteiger partial charge in [0.05, 0.1) is 0 Å². The SMILES string of the molecule is CC(C)N(C(C)C)S(=O)(=O)c1ccc(N2CCC[C@H]2C(=O)O)nc1. The second-order valence-corrected chi connectivity index (χ2v) is 8.41. The molecule has 0 saturated carbocycles. The van der Waals surface area contributed by atoms with Crippen molar-refractivity contribution in [2.24, 2.45) is 0 Å². The van der Waals surface area contributed by atoms with Gasteiger partial charge >= 0.3 is 5.97 Å². The molecule has 0 aromatic carbocycles. The van der Waals surface area contributed by atoms with Crippen LogP contribution in [0.4, 0.5) is 5.82 Å². The van der Waals surface area contributed by atoms with E-state index < -0.39 is 22.0 Å². The van der Waals surface area contributed by atoms with E-state index >= 15 is 0 Å². The van der Waals surface area contributed by atoms with E-state index in [0.717, 1.165) is 6.42 Å². The van der Waals surface area contributed by atoms with Gasteiger partial charge < -0.3 is 10.0 Å². The minimum atomic E-state index is -3.63. The van der Waals surface area contributed by atoms with Gasteiger partial charge in [-0.05, 0) is 52.7 Å².